The average Bonchev–Trinajstić information content (AvgIpc) is 2.53. The molecule has 3 rings (SSSR count). The van der Waals surface area contributed by atoms with Crippen LogP contribution in [0.3, 0.4) is 0 Å². The molecule has 2 fully saturated rings. The highest BCUT2D eigenvalue weighted by atomic mass is 16.5. The molecule has 0 aromatic heterocycles. The zero-order valence-electron chi connectivity index (χ0n) is 15.4. The second-order valence-corrected chi connectivity index (χ2v) is 7.83. The van der Waals surface area contributed by atoms with Gasteiger partial charge in [0.2, 0.25) is 0 Å². The van der Waals surface area contributed by atoms with E-state index in [1.807, 2.05) is 0 Å². The Kier molecular flexibility index (Phi) is 5.67. The van der Waals surface area contributed by atoms with E-state index < -0.39 is 0 Å². The first-order valence-electron chi connectivity index (χ1n) is 9.51. The van der Waals surface area contributed by atoms with Gasteiger partial charge in [0.25, 0.3) is 0 Å². The molecule has 4 nitrogen and oxygen atoms in total. The molecule has 4 heteroatoms. The molecule has 2 unspecified atom stereocenters. The number of nitrogens with one attached hydrogen (secondary N) is 1. The molecular weight excluding hydrogens is 298 g/mol. The fraction of sp³-hybridized carbons (Fsp3) is 0.700. The minimum Gasteiger partial charge on any atom is -0.385 e. The number of morpholine rings is 1. The van der Waals surface area contributed by atoms with Crippen molar-refractivity contribution in [3.8, 4) is 0 Å². The van der Waals surface area contributed by atoms with Gasteiger partial charge < -0.3 is 20.7 Å². The molecular formula is C20H33N3O. The van der Waals surface area contributed by atoms with Crippen LogP contribution in [-0.4, -0.2) is 37.9 Å². The fourth-order valence-electron chi connectivity index (χ4n) is 4.15. The van der Waals surface area contributed by atoms with Gasteiger partial charge in [0.05, 0.1) is 12.2 Å². The topological polar surface area (TPSA) is 50.5 Å². The summed E-state index contributed by atoms with van der Waals surface area (Å²) in [6.07, 6.45) is 5.46. The van der Waals surface area contributed by atoms with Crippen LogP contribution in [-0.2, 0) is 4.74 Å². The van der Waals surface area contributed by atoms with Gasteiger partial charge in [-0.15, -0.1) is 0 Å². The average molecular weight is 332 g/mol. The van der Waals surface area contributed by atoms with Crippen LogP contribution in [0, 0.1) is 12.8 Å². The van der Waals surface area contributed by atoms with E-state index in [0.29, 0.717) is 18.2 Å². The Morgan fingerprint density at radius 1 is 1.12 bits per heavy atom. The molecule has 2 aliphatic rings. The Bertz CT molecular complexity index is 530. The SMILES string of the molecule is Cc1cc(NCC2CCC(N)CC2)ccc1N1CC(C)OC(C)C1. The van der Waals surface area contributed by atoms with Crippen molar-refractivity contribution in [3.05, 3.63) is 23.8 Å². The van der Waals surface area contributed by atoms with Gasteiger partial charge in [-0.25, -0.2) is 0 Å². The maximum absolute atomic E-state index is 6.00. The maximum Gasteiger partial charge on any atom is 0.0726 e. The van der Waals surface area contributed by atoms with Gasteiger partial charge in [-0.05, 0) is 76.1 Å². The van der Waals surface area contributed by atoms with Gasteiger partial charge in [-0.3, -0.25) is 0 Å². The van der Waals surface area contributed by atoms with Gasteiger partial charge in [0, 0.05) is 37.1 Å². The molecule has 1 aliphatic heterocycles. The number of anilines is 2. The first-order chi connectivity index (χ1) is 11.5. The zero-order valence-corrected chi connectivity index (χ0v) is 15.4. The number of nitrogens with zero attached hydrogens (tertiary/aromatic N) is 1. The van der Waals surface area contributed by atoms with Crippen molar-refractivity contribution in [1.82, 2.24) is 0 Å². The molecule has 1 saturated heterocycles. The van der Waals surface area contributed by atoms with E-state index >= 15 is 0 Å². The molecule has 2 atom stereocenters. The molecule has 0 spiro atoms. The van der Waals surface area contributed by atoms with E-state index in [0.717, 1.165) is 25.6 Å². The summed E-state index contributed by atoms with van der Waals surface area (Å²) < 4.78 is 5.85. The van der Waals surface area contributed by atoms with Gasteiger partial charge in [-0.2, -0.15) is 0 Å². The number of nitrogens with two attached hydrogens (primary N) is 1. The van der Waals surface area contributed by atoms with Crippen molar-refractivity contribution >= 4 is 11.4 Å². The van der Waals surface area contributed by atoms with Crippen LogP contribution < -0.4 is 16.0 Å². The first-order valence-corrected chi connectivity index (χ1v) is 9.51. The summed E-state index contributed by atoms with van der Waals surface area (Å²) in [4.78, 5) is 2.46. The Morgan fingerprint density at radius 2 is 1.79 bits per heavy atom. The van der Waals surface area contributed by atoms with E-state index in [1.165, 1.54) is 42.6 Å². The quantitative estimate of drug-likeness (QED) is 0.886. The van der Waals surface area contributed by atoms with Gasteiger partial charge >= 0.3 is 0 Å². The Labute approximate surface area is 146 Å². The van der Waals surface area contributed by atoms with Crippen LogP contribution in [0.15, 0.2) is 18.2 Å². The largest absolute Gasteiger partial charge is 0.385 e. The van der Waals surface area contributed by atoms with E-state index in [9.17, 15) is 0 Å². The number of benzene rings is 1. The Morgan fingerprint density at radius 3 is 2.42 bits per heavy atom. The van der Waals surface area contributed by atoms with Crippen molar-refractivity contribution in [1.29, 1.82) is 0 Å². The molecule has 24 heavy (non-hydrogen) atoms. The molecule has 1 aromatic rings. The highest BCUT2D eigenvalue weighted by Gasteiger charge is 2.23. The molecule has 1 saturated carbocycles. The van der Waals surface area contributed by atoms with Gasteiger partial charge in [-0.1, -0.05) is 0 Å². The normalized spacial score (nSPS) is 31.1. The number of hydrogen-bond donors (Lipinski definition) is 2. The summed E-state index contributed by atoms with van der Waals surface area (Å²) in [5.41, 5.74) is 9.91. The standard InChI is InChI=1S/C20H33N3O/c1-14-10-19(22-11-17-4-6-18(21)7-5-17)8-9-20(14)23-12-15(2)24-16(3)13-23/h8-10,15-18,22H,4-7,11-13,21H2,1-3H3. The molecule has 0 amide bonds. The lowest BCUT2D eigenvalue weighted by atomic mass is 9.86. The highest BCUT2D eigenvalue weighted by Crippen LogP contribution is 2.28. The van der Waals surface area contributed by atoms with E-state index in [-0.39, 0.29) is 0 Å². The van der Waals surface area contributed by atoms with Crippen LogP contribution >= 0.6 is 0 Å². The molecule has 0 bridgehead atoms. The van der Waals surface area contributed by atoms with E-state index in [4.69, 9.17) is 10.5 Å². The van der Waals surface area contributed by atoms with Crippen molar-refractivity contribution in [2.45, 2.75) is 64.7 Å². The third-order valence-corrected chi connectivity index (χ3v) is 5.44. The molecule has 3 N–H and O–H groups in total. The second kappa shape index (κ2) is 7.75. The predicted molar refractivity (Wildman–Crippen MR) is 102 cm³/mol. The minimum absolute atomic E-state index is 0.295. The van der Waals surface area contributed by atoms with Crippen LogP contribution in [0.1, 0.15) is 45.1 Å². The summed E-state index contributed by atoms with van der Waals surface area (Å²) in [5.74, 6) is 0.769. The van der Waals surface area contributed by atoms with Crippen molar-refractivity contribution < 1.29 is 4.74 Å². The summed E-state index contributed by atoms with van der Waals surface area (Å²) in [6, 6.07) is 7.20. The lowest BCUT2D eigenvalue weighted by Crippen LogP contribution is -2.45. The van der Waals surface area contributed by atoms with Crippen LogP contribution in [0.4, 0.5) is 11.4 Å². The van der Waals surface area contributed by atoms with E-state index in [2.05, 4.69) is 49.2 Å². The number of hydrogen-bond acceptors (Lipinski definition) is 4. The van der Waals surface area contributed by atoms with Crippen LogP contribution in [0.2, 0.25) is 0 Å². The fourth-order valence-corrected chi connectivity index (χ4v) is 4.15. The van der Waals surface area contributed by atoms with Crippen LogP contribution in [0.5, 0.6) is 0 Å². The maximum atomic E-state index is 6.00. The summed E-state index contributed by atoms with van der Waals surface area (Å²) in [7, 11) is 0. The van der Waals surface area contributed by atoms with Crippen molar-refractivity contribution in [2.75, 3.05) is 29.9 Å². The number of rotatable bonds is 4. The molecule has 1 aromatic carbocycles. The lowest BCUT2D eigenvalue weighted by molar-refractivity contribution is -0.00524. The van der Waals surface area contributed by atoms with Gasteiger partial charge in [0.1, 0.15) is 0 Å². The zero-order chi connectivity index (χ0) is 17.1. The molecule has 134 valence electrons. The predicted octanol–water partition coefficient (Wildman–Crippen LogP) is 3.54. The molecule has 0 radical (unpaired) electrons. The lowest BCUT2D eigenvalue weighted by Gasteiger charge is -2.37. The molecule has 1 heterocycles. The number of aryl methyl sites for hydroxylation is 1. The Hall–Kier alpha value is -1.26. The highest BCUT2D eigenvalue weighted by molar-refractivity contribution is 5.61. The smallest absolute Gasteiger partial charge is 0.0726 e. The van der Waals surface area contributed by atoms with E-state index in [1.54, 1.807) is 0 Å². The number of ether oxygens (including phenoxy) is 1. The van der Waals surface area contributed by atoms with Crippen molar-refractivity contribution in [2.24, 2.45) is 11.7 Å². The van der Waals surface area contributed by atoms with Crippen LogP contribution in [0.25, 0.3) is 0 Å². The first kappa shape index (κ1) is 17.6. The minimum atomic E-state index is 0.295. The molecule has 1 aliphatic carbocycles. The third-order valence-electron chi connectivity index (χ3n) is 5.44. The van der Waals surface area contributed by atoms with Gasteiger partial charge in [0.15, 0.2) is 0 Å². The monoisotopic (exact) mass is 331 g/mol. The van der Waals surface area contributed by atoms with Crippen molar-refractivity contribution in [3.63, 3.8) is 0 Å². The Balaban J connectivity index is 1.58. The summed E-state index contributed by atoms with van der Waals surface area (Å²) in [6.45, 7) is 9.54. The summed E-state index contributed by atoms with van der Waals surface area (Å²) in [5, 5.41) is 3.63. The third kappa shape index (κ3) is 4.42. The summed E-state index contributed by atoms with van der Waals surface area (Å²) >= 11 is 0. The second-order valence-electron chi connectivity index (χ2n) is 7.83.